The second-order valence-electron chi connectivity index (χ2n) is 6.63. The van der Waals surface area contributed by atoms with Crippen molar-refractivity contribution in [3.05, 3.63) is 70.7 Å². The molecule has 4 aromatic rings. The highest BCUT2D eigenvalue weighted by atomic mass is 32.2. The van der Waals surface area contributed by atoms with Crippen LogP contribution in [0.1, 0.15) is 16.7 Å². The van der Waals surface area contributed by atoms with Gasteiger partial charge in [-0.1, -0.05) is 30.3 Å². The van der Waals surface area contributed by atoms with Crippen LogP contribution in [0.3, 0.4) is 0 Å². The third kappa shape index (κ3) is 4.50. The summed E-state index contributed by atoms with van der Waals surface area (Å²) in [6, 6.07) is 13.7. The first kappa shape index (κ1) is 22.0. The summed E-state index contributed by atoms with van der Waals surface area (Å²) in [5.74, 6) is -1.05. The van der Waals surface area contributed by atoms with Gasteiger partial charge in [-0.25, -0.2) is 23.4 Å². The lowest BCUT2D eigenvalue weighted by atomic mass is 10.2. The van der Waals surface area contributed by atoms with E-state index in [1.54, 1.807) is 24.3 Å². The van der Waals surface area contributed by atoms with E-state index >= 15 is 0 Å². The Morgan fingerprint density at radius 2 is 1.62 bits per heavy atom. The molecule has 1 unspecified atom stereocenters. The molecule has 2 heterocycles. The Bertz CT molecular complexity index is 1360. The quantitative estimate of drug-likeness (QED) is 0.423. The lowest BCUT2D eigenvalue weighted by Crippen LogP contribution is -2.27. The van der Waals surface area contributed by atoms with Crippen LogP contribution in [-0.2, 0) is 10.0 Å². The monoisotopic (exact) mass is 480 g/mol. The fourth-order valence-corrected chi connectivity index (χ4v) is 4.74. The first-order valence-corrected chi connectivity index (χ1v) is 11.5. The molecule has 0 aliphatic heterocycles. The van der Waals surface area contributed by atoms with E-state index in [2.05, 4.69) is 19.7 Å². The summed E-state index contributed by atoms with van der Waals surface area (Å²) in [4.78, 5) is 11.9. The predicted octanol–water partition coefficient (Wildman–Crippen LogP) is 4.88. The van der Waals surface area contributed by atoms with E-state index in [0.29, 0.717) is 0 Å². The van der Waals surface area contributed by atoms with Crippen LogP contribution in [0.25, 0.3) is 11.0 Å². The summed E-state index contributed by atoms with van der Waals surface area (Å²) < 4.78 is 74.7. The molecule has 7 nitrogen and oxygen atoms in total. The molecule has 0 aliphatic rings. The number of halogens is 3. The minimum atomic E-state index is -4.81. The molecular weight excluding hydrogens is 465 g/mol. The Labute approximate surface area is 185 Å². The Morgan fingerprint density at radius 3 is 2.22 bits per heavy atom. The van der Waals surface area contributed by atoms with E-state index in [9.17, 15) is 21.6 Å². The van der Waals surface area contributed by atoms with Crippen LogP contribution in [0.2, 0.25) is 0 Å². The Hall–Kier alpha value is -3.25. The number of ether oxygens (including phenoxy) is 1. The number of aryl methyl sites for hydroxylation is 1. The highest BCUT2D eigenvalue weighted by molar-refractivity contribution is 7.92. The number of fused-ring (bicyclic) bond motifs is 1. The summed E-state index contributed by atoms with van der Waals surface area (Å²) >= 11 is 0.780. The zero-order valence-corrected chi connectivity index (χ0v) is 18.0. The number of thiazole rings is 1. The highest BCUT2D eigenvalue weighted by Gasteiger charge is 2.46. The molecule has 0 amide bonds. The average molecular weight is 480 g/mol. The minimum Gasteiger partial charge on any atom is -0.456 e. The lowest BCUT2D eigenvalue weighted by molar-refractivity contribution is -0.197. The fraction of sp³-hybridized carbons (Fsp3) is 0.150. The average Bonchev–Trinajstić information content (AvgIpc) is 3.17. The number of anilines is 1. The van der Waals surface area contributed by atoms with E-state index in [4.69, 9.17) is 4.74 Å². The van der Waals surface area contributed by atoms with Crippen LogP contribution in [0, 0.1) is 6.92 Å². The van der Waals surface area contributed by atoms with Crippen molar-refractivity contribution in [1.29, 1.82) is 0 Å². The molecule has 4 rings (SSSR count). The number of para-hydroxylation sites is 2. The summed E-state index contributed by atoms with van der Waals surface area (Å²) in [6.07, 6.45) is -7.20. The molecule has 0 aliphatic carbocycles. The van der Waals surface area contributed by atoms with Crippen LogP contribution in [0.5, 0.6) is 5.88 Å². The summed E-state index contributed by atoms with van der Waals surface area (Å²) in [7, 11) is -4.16. The van der Waals surface area contributed by atoms with Crippen LogP contribution in [0.15, 0.2) is 65.0 Å². The van der Waals surface area contributed by atoms with Gasteiger partial charge in [0.1, 0.15) is 0 Å². The molecule has 0 spiro atoms. The number of alkyl halides is 3. The van der Waals surface area contributed by atoms with Crippen LogP contribution in [0.4, 0.5) is 19.0 Å². The van der Waals surface area contributed by atoms with Gasteiger partial charge < -0.3 is 4.74 Å². The van der Waals surface area contributed by atoms with E-state index in [-0.39, 0.29) is 26.5 Å². The third-order valence-electron chi connectivity index (χ3n) is 4.37. The maximum atomic E-state index is 13.9. The second kappa shape index (κ2) is 8.36. The van der Waals surface area contributed by atoms with Crippen molar-refractivity contribution in [3.63, 3.8) is 0 Å². The Morgan fingerprint density at radius 1 is 1.00 bits per heavy atom. The van der Waals surface area contributed by atoms with Crippen LogP contribution < -0.4 is 9.46 Å². The Balaban J connectivity index is 1.82. The number of sulfonamides is 1. The number of nitrogens with one attached hydrogen (secondary N) is 1. The van der Waals surface area contributed by atoms with Gasteiger partial charge in [0, 0.05) is 0 Å². The number of hydrogen-bond acceptors (Lipinski definition) is 7. The van der Waals surface area contributed by atoms with E-state index < -0.39 is 34.0 Å². The van der Waals surface area contributed by atoms with Gasteiger partial charge in [0.25, 0.3) is 15.9 Å². The zero-order valence-electron chi connectivity index (χ0n) is 16.4. The van der Waals surface area contributed by atoms with Gasteiger partial charge in [0.2, 0.25) is 11.9 Å². The smallest absolute Gasteiger partial charge is 0.430 e. The maximum Gasteiger partial charge on any atom is 0.430 e. The van der Waals surface area contributed by atoms with E-state index in [1.165, 1.54) is 42.8 Å². The molecule has 1 N–H and O–H groups in total. The van der Waals surface area contributed by atoms with Crippen molar-refractivity contribution >= 4 is 38.2 Å². The van der Waals surface area contributed by atoms with Crippen molar-refractivity contribution in [2.24, 2.45) is 0 Å². The number of aromatic nitrogens is 3. The summed E-state index contributed by atoms with van der Waals surface area (Å²) in [5, 5.41) is 0. The molecule has 32 heavy (non-hydrogen) atoms. The molecule has 166 valence electrons. The van der Waals surface area contributed by atoms with Crippen molar-refractivity contribution in [2.75, 3.05) is 4.72 Å². The lowest BCUT2D eigenvalue weighted by Gasteiger charge is -2.22. The van der Waals surface area contributed by atoms with Gasteiger partial charge >= 0.3 is 6.18 Å². The summed E-state index contributed by atoms with van der Waals surface area (Å²) in [5.41, 5.74) is 1.95. The largest absolute Gasteiger partial charge is 0.456 e. The molecule has 1 atom stereocenters. The molecule has 2 aromatic carbocycles. The van der Waals surface area contributed by atoms with Crippen molar-refractivity contribution in [2.45, 2.75) is 24.1 Å². The molecule has 0 saturated heterocycles. The number of nitrogens with zero attached hydrogens (tertiary/aromatic N) is 3. The molecule has 12 heteroatoms. The molecular formula is C20H15F3N4O3S2. The Kier molecular flexibility index (Phi) is 5.73. The van der Waals surface area contributed by atoms with Gasteiger partial charge in [0.05, 0.1) is 32.0 Å². The molecule has 0 saturated carbocycles. The van der Waals surface area contributed by atoms with Crippen molar-refractivity contribution in [1.82, 2.24) is 15.0 Å². The number of hydrogen-bond donors (Lipinski definition) is 1. The van der Waals surface area contributed by atoms with E-state index in [0.717, 1.165) is 11.3 Å². The highest BCUT2D eigenvalue weighted by Crippen LogP contribution is 2.41. The summed E-state index contributed by atoms with van der Waals surface area (Å²) in [6.45, 7) is 1.43. The third-order valence-corrected chi connectivity index (χ3v) is 6.70. The van der Waals surface area contributed by atoms with Gasteiger partial charge in [-0.15, -0.1) is 11.3 Å². The number of benzene rings is 2. The standard InChI is InChI=1S/C20H15F3N4O3S2/c1-12-16(31-11-24-12)17(20(21,22)23)30-19-18(25-14-9-5-6-10-15(14)26-19)27-32(28,29)13-7-3-2-4-8-13/h2-11,17H,1H3,(H,25,27). The molecule has 0 radical (unpaired) electrons. The second-order valence-corrected chi connectivity index (χ2v) is 9.19. The molecule has 0 fully saturated rings. The predicted molar refractivity (Wildman–Crippen MR) is 113 cm³/mol. The first-order chi connectivity index (χ1) is 15.1. The van der Waals surface area contributed by atoms with Gasteiger partial charge in [0.15, 0.2) is 0 Å². The topological polar surface area (TPSA) is 94.1 Å². The fourth-order valence-electron chi connectivity index (χ4n) is 2.86. The van der Waals surface area contributed by atoms with Gasteiger partial charge in [-0.2, -0.15) is 13.2 Å². The van der Waals surface area contributed by atoms with E-state index in [1.807, 2.05) is 0 Å². The van der Waals surface area contributed by atoms with Crippen LogP contribution >= 0.6 is 11.3 Å². The SMILES string of the molecule is Cc1ncsc1C(Oc1nc2ccccc2nc1NS(=O)(=O)c1ccccc1)C(F)(F)F. The number of rotatable bonds is 6. The van der Waals surface area contributed by atoms with Crippen LogP contribution in [-0.4, -0.2) is 29.5 Å². The van der Waals surface area contributed by atoms with Gasteiger partial charge in [-0.3, -0.25) is 4.72 Å². The maximum absolute atomic E-state index is 13.9. The molecule has 0 bridgehead atoms. The normalized spacial score (nSPS) is 13.1. The first-order valence-electron chi connectivity index (χ1n) is 9.13. The van der Waals surface area contributed by atoms with Crippen molar-refractivity contribution < 1.29 is 26.3 Å². The minimum absolute atomic E-state index is 0.0911. The van der Waals surface area contributed by atoms with Crippen molar-refractivity contribution in [3.8, 4) is 5.88 Å². The molecule has 2 aromatic heterocycles. The zero-order chi connectivity index (χ0) is 22.9. The van der Waals surface area contributed by atoms with Gasteiger partial charge in [-0.05, 0) is 31.2 Å².